The summed E-state index contributed by atoms with van der Waals surface area (Å²) in [5.41, 5.74) is 3.61. The van der Waals surface area contributed by atoms with Crippen molar-refractivity contribution in [2.75, 3.05) is 6.61 Å². The van der Waals surface area contributed by atoms with Gasteiger partial charge < -0.3 is 15.3 Å². The molecule has 3 atom stereocenters. The minimum absolute atomic E-state index is 0.131. The molecule has 1 saturated carbocycles. The van der Waals surface area contributed by atoms with E-state index in [0.29, 0.717) is 0 Å². The van der Waals surface area contributed by atoms with Crippen molar-refractivity contribution >= 4 is 11.6 Å². The van der Waals surface area contributed by atoms with Crippen molar-refractivity contribution in [2.45, 2.75) is 81.8 Å². The van der Waals surface area contributed by atoms with Crippen LogP contribution in [0.2, 0.25) is 0 Å². The van der Waals surface area contributed by atoms with Gasteiger partial charge in [-0.3, -0.25) is 0 Å². The largest absolute Gasteiger partial charge is 0.394 e. The fourth-order valence-electron chi connectivity index (χ4n) is 5.32. The third-order valence-corrected chi connectivity index (χ3v) is 6.86. The van der Waals surface area contributed by atoms with E-state index >= 15 is 0 Å². The van der Waals surface area contributed by atoms with E-state index in [1.807, 2.05) is 12.1 Å². The lowest BCUT2D eigenvalue weighted by molar-refractivity contribution is 0.0152. The molecule has 0 unspecified atom stereocenters. The van der Waals surface area contributed by atoms with Crippen LogP contribution in [0.3, 0.4) is 0 Å². The first-order chi connectivity index (χ1) is 14.2. The zero-order chi connectivity index (χ0) is 20.2. The fourth-order valence-corrected chi connectivity index (χ4v) is 5.32. The zero-order valence-electron chi connectivity index (χ0n) is 17.0. The van der Waals surface area contributed by atoms with E-state index in [0.717, 1.165) is 44.1 Å². The molecule has 1 heterocycles. The summed E-state index contributed by atoms with van der Waals surface area (Å²) in [5.74, 6) is -0.152. The predicted molar refractivity (Wildman–Crippen MR) is 113 cm³/mol. The molecule has 2 aliphatic carbocycles. The Hall–Kier alpha value is -2.32. The van der Waals surface area contributed by atoms with Crippen LogP contribution in [0, 0.1) is 11.3 Å². The third kappa shape index (κ3) is 3.91. The van der Waals surface area contributed by atoms with Crippen LogP contribution in [0.4, 0.5) is 4.79 Å². The highest BCUT2D eigenvalue weighted by Gasteiger charge is 2.52. The van der Waals surface area contributed by atoms with Gasteiger partial charge in [-0.1, -0.05) is 49.6 Å². The minimum atomic E-state index is -0.541. The molecule has 0 spiro atoms. The van der Waals surface area contributed by atoms with Gasteiger partial charge in [0.15, 0.2) is 0 Å². The Morgan fingerprint density at radius 3 is 2.66 bits per heavy atom. The number of urea groups is 1. The van der Waals surface area contributed by atoms with Crippen molar-refractivity contribution in [1.82, 2.24) is 10.2 Å². The van der Waals surface area contributed by atoms with E-state index in [1.165, 1.54) is 30.4 Å². The van der Waals surface area contributed by atoms with E-state index in [-0.39, 0.29) is 30.6 Å². The van der Waals surface area contributed by atoms with Gasteiger partial charge in [0, 0.05) is 12.0 Å². The molecular weight excluding hydrogens is 362 g/mol. The van der Waals surface area contributed by atoms with Gasteiger partial charge in [-0.2, -0.15) is 5.26 Å². The van der Waals surface area contributed by atoms with E-state index < -0.39 is 6.04 Å². The lowest BCUT2D eigenvalue weighted by Gasteiger charge is -2.52. The van der Waals surface area contributed by atoms with E-state index in [9.17, 15) is 15.2 Å². The van der Waals surface area contributed by atoms with Crippen LogP contribution in [0.5, 0.6) is 0 Å². The van der Waals surface area contributed by atoms with Crippen LogP contribution in [0.1, 0.15) is 74.8 Å². The molecule has 2 fully saturated rings. The fraction of sp³-hybridized carbons (Fsp3) is 0.583. The second-order valence-electron chi connectivity index (χ2n) is 8.60. The van der Waals surface area contributed by atoms with E-state index in [2.05, 4.69) is 29.6 Å². The molecule has 4 rings (SSSR count). The number of benzene rings is 1. The van der Waals surface area contributed by atoms with Gasteiger partial charge in [0.25, 0.3) is 0 Å². The molecular formula is C24H31N3O2. The summed E-state index contributed by atoms with van der Waals surface area (Å²) < 4.78 is 0. The van der Waals surface area contributed by atoms with Crippen LogP contribution in [-0.2, 0) is 0 Å². The number of amides is 2. The zero-order valence-corrected chi connectivity index (χ0v) is 17.0. The molecule has 0 bridgehead atoms. The Bertz CT molecular complexity index is 807. The topological polar surface area (TPSA) is 76.4 Å². The third-order valence-electron chi connectivity index (χ3n) is 6.86. The standard InChI is InChI=1S/C24H31N3O2/c25-15-21-23(20-14-8-7-13-19(20)17-9-3-1-4-10-17)22(16-28)27(21)24(29)26-18-11-5-2-6-12-18/h7-9,13-14,18,21-23,28H,1-6,10-12,16H2,(H,26,29)/t21-,22+,23-/m0/s1. The molecule has 29 heavy (non-hydrogen) atoms. The summed E-state index contributed by atoms with van der Waals surface area (Å²) in [6.45, 7) is -0.131. The molecule has 5 heteroatoms. The second kappa shape index (κ2) is 9.00. The van der Waals surface area contributed by atoms with Crippen molar-refractivity contribution in [3.8, 4) is 6.07 Å². The van der Waals surface area contributed by atoms with Crippen molar-refractivity contribution in [3.05, 3.63) is 41.5 Å². The first kappa shape index (κ1) is 20.0. The Balaban J connectivity index is 1.57. The normalized spacial score (nSPS) is 27.5. The smallest absolute Gasteiger partial charge is 0.319 e. The maximum atomic E-state index is 12.9. The van der Waals surface area contributed by atoms with Crippen LogP contribution >= 0.6 is 0 Å². The second-order valence-corrected chi connectivity index (χ2v) is 8.60. The summed E-state index contributed by atoms with van der Waals surface area (Å²) in [4.78, 5) is 14.5. The van der Waals surface area contributed by atoms with Gasteiger partial charge in [0.2, 0.25) is 0 Å². The lowest BCUT2D eigenvalue weighted by atomic mass is 9.73. The average molecular weight is 394 g/mol. The Morgan fingerprint density at radius 2 is 1.97 bits per heavy atom. The van der Waals surface area contributed by atoms with Gasteiger partial charge in [-0.25, -0.2) is 4.79 Å². The maximum absolute atomic E-state index is 12.9. The molecule has 0 aromatic heterocycles. The van der Waals surface area contributed by atoms with Gasteiger partial charge in [0.05, 0.1) is 18.7 Å². The molecule has 2 N–H and O–H groups in total. The number of aliphatic hydroxyl groups is 1. The number of nitrogens with one attached hydrogen (secondary N) is 1. The molecule has 5 nitrogen and oxygen atoms in total. The number of allylic oxidation sites excluding steroid dienone is 2. The summed E-state index contributed by atoms with van der Waals surface area (Å²) in [6, 6.07) is 9.67. The number of nitrogens with zero attached hydrogens (tertiary/aromatic N) is 2. The van der Waals surface area contributed by atoms with Crippen molar-refractivity contribution in [2.24, 2.45) is 0 Å². The Kier molecular flexibility index (Phi) is 6.20. The van der Waals surface area contributed by atoms with Crippen LogP contribution in [0.25, 0.3) is 5.57 Å². The molecule has 154 valence electrons. The molecule has 0 radical (unpaired) electrons. The number of carbonyl (C=O) groups excluding carboxylic acids is 1. The lowest BCUT2D eigenvalue weighted by Crippen LogP contribution is -2.68. The average Bonchev–Trinajstić information content (AvgIpc) is 2.75. The number of nitriles is 1. The number of rotatable bonds is 4. The maximum Gasteiger partial charge on any atom is 0.319 e. The summed E-state index contributed by atoms with van der Waals surface area (Å²) in [6.07, 6.45) is 12.4. The molecule has 2 amide bonds. The molecule has 1 saturated heterocycles. The first-order valence-corrected chi connectivity index (χ1v) is 11.1. The molecule has 3 aliphatic rings. The molecule has 1 aromatic rings. The van der Waals surface area contributed by atoms with Crippen LogP contribution in [0.15, 0.2) is 30.3 Å². The van der Waals surface area contributed by atoms with E-state index in [1.54, 1.807) is 4.90 Å². The highest BCUT2D eigenvalue weighted by Crippen LogP contribution is 2.44. The van der Waals surface area contributed by atoms with Gasteiger partial charge in [0.1, 0.15) is 6.04 Å². The summed E-state index contributed by atoms with van der Waals surface area (Å²) >= 11 is 0. The van der Waals surface area contributed by atoms with E-state index in [4.69, 9.17) is 0 Å². The summed E-state index contributed by atoms with van der Waals surface area (Å²) in [7, 11) is 0. The number of likely N-dealkylation sites (tertiary alicyclic amines) is 1. The molecule has 1 aromatic carbocycles. The minimum Gasteiger partial charge on any atom is -0.394 e. The number of hydrogen-bond donors (Lipinski definition) is 2. The van der Waals surface area contributed by atoms with Crippen molar-refractivity contribution in [1.29, 1.82) is 5.26 Å². The Labute approximate surface area is 173 Å². The Morgan fingerprint density at radius 1 is 1.17 bits per heavy atom. The number of carbonyl (C=O) groups is 1. The van der Waals surface area contributed by atoms with Crippen LogP contribution in [-0.4, -0.2) is 40.8 Å². The monoisotopic (exact) mass is 393 g/mol. The first-order valence-electron chi connectivity index (χ1n) is 11.1. The molecule has 1 aliphatic heterocycles. The SMILES string of the molecule is N#C[C@H]1[C@H](c2ccccc2C2=CCCCC2)[C@@H](CO)N1C(=O)NC1CCCCC1. The highest BCUT2D eigenvalue weighted by molar-refractivity contribution is 5.78. The quantitative estimate of drug-likeness (QED) is 0.799. The summed E-state index contributed by atoms with van der Waals surface area (Å²) in [5, 5.41) is 23.1. The number of hydrogen-bond acceptors (Lipinski definition) is 3. The number of aliphatic hydroxyl groups excluding tert-OH is 1. The van der Waals surface area contributed by atoms with Gasteiger partial charge in [-0.05, 0) is 55.2 Å². The van der Waals surface area contributed by atoms with Crippen molar-refractivity contribution < 1.29 is 9.90 Å². The van der Waals surface area contributed by atoms with Crippen LogP contribution < -0.4 is 5.32 Å². The van der Waals surface area contributed by atoms with Gasteiger partial charge >= 0.3 is 6.03 Å². The highest BCUT2D eigenvalue weighted by atomic mass is 16.3. The van der Waals surface area contributed by atoms with Crippen molar-refractivity contribution in [3.63, 3.8) is 0 Å². The predicted octanol–water partition coefficient (Wildman–Crippen LogP) is 4.34. The van der Waals surface area contributed by atoms with Gasteiger partial charge in [-0.15, -0.1) is 0 Å².